The zero-order valence-electron chi connectivity index (χ0n) is 14.4. The van der Waals surface area contributed by atoms with Crippen molar-refractivity contribution in [1.82, 2.24) is 0 Å². The number of carbonyl (C=O) groups excluding carboxylic acids is 1. The maximum Gasteiger partial charge on any atom is 0.165 e. The van der Waals surface area contributed by atoms with Gasteiger partial charge in [-0.3, -0.25) is 4.79 Å². The Balaban J connectivity index is 1.65. The average Bonchev–Trinajstić information content (AvgIpc) is 2.84. The Bertz CT molecular complexity index is 934. The summed E-state index contributed by atoms with van der Waals surface area (Å²) in [6, 6.07) is 22.7. The third-order valence-corrected chi connectivity index (χ3v) is 4.53. The summed E-state index contributed by atoms with van der Waals surface area (Å²) in [5.41, 5.74) is 2.53. The van der Waals surface area contributed by atoms with E-state index in [9.17, 15) is 4.79 Å². The Morgan fingerprint density at radius 2 is 1.65 bits per heavy atom. The molecule has 0 amide bonds. The molecule has 1 heterocycles. The zero-order valence-corrected chi connectivity index (χ0v) is 14.4. The molecule has 1 unspecified atom stereocenters. The van der Waals surface area contributed by atoms with Crippen LogP contribution in [0.1, 0.15) is 28.4 Å². The lowest BCUT2D eigenvalue weighted by Gasteiger charge is -2.18. The van der Waals surface area contributed by atoms with Gasteiger partial charge in [0.05, 0.1) is 18.8 Å². The second kappa shape index (κ2) is 6.92. The first-order valence-corrected chi connectivity index (χ1v) is 8.54. The third-order valence-electron chi connectivity index (χ3n) is 4.53. The Morgan fingerprint density at radius 1 is 0.962 bits per heavy atom. The van der Waals surface area contributed by atoms with E-state index in [1.54, 1.807) is 31.4 Å². The van der Waals surface area contributed by atoms with Gasteiger partial charge in [-0.25, -0.2) is 0 Å². The highest BCUT2D eigenvalue weighted by Gasteiger charge is 2.25. The highest BCUT2D eigenvalue weighted by molar-refractivity contribution is 5.97. The number of ketones is 1. The molecule has 4 nitrogen and oxygen atoms in total. The van der Waals surface area contributed by atoms with E-state index in [-0.39, 0.29) is 11.8 Å². The fourth-order valence-corrected chi connectivity index (χ4v) is 3.16. The highest BCUT2D eigenvalue weighted by atomic mass is 16.5. The fraction of sp³-hybridized carbons (Fsp3) is 0.136. The SMILES string of the molecule is COc1ccc(C(=O)CC2Nc3ccccc3Oc3ccccc32)cc1. The number of methoxy groups -OCH3 is 1. The molecule has 26 heavy (non-hydrogen) atoms. The minimum Gasteiger partial charge on any atom is -0.497 e. The van der Waals surface area contributed by atoms with Crippen molar-refractivity contribution < 1.29 is 14.3 Å². The number of fused-ring (bicyclic) bond motifs is 2. The van der Waals surface area contributed by atoms with Crippen LogP contribution >= 0.6 is 0 Å². The molecule has 1 atom stereocenters. The molecule has 3 aromatic carbocycles. The standard InChI is InChI=1S/C22H19NO3/c1-25-16-12-10-15(11-13-16)20(24)14-19-17-6-2-4-8-21(17)26-22-9-5-3-7-18(22)23-19/h2-13,19,23H,14H2,1H3. The van der Waals surface area contributed by atoms with Crippen molar-refractivity contribution in [3.05, 3.63) is 83.9 Å². The van der Waals surface area contributed by atoms with Gasteiger partial charge in [0.1, 0.15) is 11.5 Å². The molecule has 0 saturated heterocycles. The van der Waals surface area contributed by atoms with Crippen LogP contribution in [0.3, 0.4) is 0 Å². The van der Waals surface area contributed by atoms with Crippen LogP contribution < -0.4 is 14.8 Å². The number of ether oxygens (including phenoxy) is 2. The molecule has 0 radical (unpaired) electrons. The van der Waals surface area contributed by atoms with Crippen molar-refractivity contribution in [1.29, 1.82) is 0 Å². The lowest BCUT2D eigenvalue weighted by molar-refractivity contribution is 0.0976. The van der Waals surface area contributed by atoms with E-state index < -0.39 is 0 Å². The molecule has 0 aliphatic carbocycles. The number of nitrogens with one attached hydrogen (secondary N) is 1. The molecule has 4 heteroatoms. The van der Waals surface area contributed by atoms with Crippen molar-refractivity contribution in [2.75, 3.05) is 12.4 Å². The lowest BCUT2D eigenvalue weighted by atomic mass is 9.97. The number of carbonyl (C=O) groups is 1. The number of rotatable bonds is 4. The molecule has 0 aromatic heterocycles. The fourth-order valence-electron chi connectivity index (χ4n) is 3.16. The van der Waals surface area contributed by atoms with Crippen LogP contribution in [-0.4, -0.2) is 12.9 Å². The van der Waals surface area contributed by atoms with Crippen LogP contribution in [0.5, 0.6) is 17.2 Å². The second-order valence-electron chi connectivity index (χ2n) is 6.19. The van der Waals surface area contributed by atoms with Gasteiger partial charge in [-0.1, -0.05) is 30.3 Å². The summed E-state index contributed by atoms with van der Waals surface area (Å²) in [4.78, 5) is 12.8. The molecular formula is C22H19NO3. The molecule has 0 bridgehead atoms. The van der Waals surface area contributed by atoms with Crippen LogP contribution in [0.25, 0.3) is 0 Å². The van der Waals surface area contributed by atoms with E-state index in [0.29, 0.717) is 12.0 Å². The summed E-state index contributed by atoms with van der Waals surface area (Å²) in [6.45, 7) is 0. The number of Topliss-reactive ketones (excluding diaryl/α,β-unsaturated/α-hetero) is 1. The summed E-state index contributed by atoms with van der Waals surface area (Å²) in [7, 11) is 1.61. The van der Waals surface area contributed by atoms with Crippen LogP contribution in [0.15, 0.2) is 72.8 Å². The Hall–Kier alpha value is -3.27. The molecule has 1 aliphatic heterocycles. The van der Waals surface area contributed by atoms with Crippen LogP contribution in [-0.2, 0) is 0 Å². The van der Waals surface area contributed by atoms with Gasteiger partial charge in [0, 0.05) is 17.5 Å². The van der Waals surface area contributed by atoms with Crippen LogP contribution in [0, 0.1) is 0 Å². The van der Waals surface area contributed by atoms with E-state index in [0.717, 1.165) is 28.5 Å². The lowest BCUT2D eigenvalue weighted by Crippen LogP contribution is -2.15. The minimum atomic E-state index is -0.163. The highest BCUT2D eigenvalue weighted by Crippen LogP contribution is 2.41. The first kappa shape index (κ1) is 16.2. The van der Waals surface area contributed by atoms with Gasteiger partial charge in [-0.15, -0.1) is 0 Å². The topological polar surface area (TPSA) is 47.6 Å². The van der Waals surface area contributed by atoms with Crippen LogP contribution in [0.2, 0.25) is 0 Å². The third kappa shape index (κ3) is 3.14. The molecule has 3 aromatic rings. The van der Waals surface area contributed by atoms with Gasteiger partial charge >= 0.3 is 0 Å². The molecule has 0 saturated carbocycles. The van der Waals surface area contributed by atoms with Crippen LogP contribution in [0.4, 0.5) is 5.69 Å². The summed E-state index contributed by atoms with van der Waals surface area (Å²) in [6.07, 6.45) is 0.334. The van der Waals surface area contributed by atoms with Gasteiger partial charge in [-0.05, 0) is 42.5 Å². The molecule has 0 fully saturated rings. The summed E-state index contributed by atoms with van der Waals surface area (Å²) in [5, 5.41) is 3.47. The largest absolute Gasteiger partial charge is 0.497 e. The van der Waals surface area contributed by atoms with E-state index in [2.05, 4.69) is 5.32 Å². The molecule has 1 aliphatic rings. The normalized spacial score (nSPS) is 14.9. The number of hydrogen-bond acceptors (Lipinski definition) is 4. The summed E-state index contributed by atoms with van der Waals surface area (Å²) < 4.78 is 11.2. The summed E-state index contributed by atoms with van der Waals surface area (Å²) >= 11 is 0. The maximum absolute atomic E-state index is 12.8. The van der Waals surface area contributed by atoms with E-state index >= 15 is 0 Å². The molecule has 0 spiro atoms. The number of hydrogen-bond donors (Lipinski definition) is 1. The van der Waals surface area contributed by atoms with Crippen molar-refractivity contribution >= 4 is 11.5 Å². The molecule has 130 valence electrons. The van der Waals surface area contributed by atoms with Gasteiger partial charge in [0.15, 0.2) is 11.5 Å². The minimum absolute atomic E-state index is 0.0688. The van der Waals surface area contributed by atoms with Crippen molar-refractivity contribution in [3.8, 4) is 17.2 Å². The van der Waals surface area contributed by atoms with E-state index in [1.807, 2.05) is 48.5 Å². The van der Waals surface area contributed by atoms with Crippen molar-refractivity contribution in [3.63, 3.8) is 0 Å². The predicted molar refractivity (Wildman–Crippen MR) is 101 cm³/mol. The Morgan fingerprint density at radius 3 is 2.42 bits per heavy atom. The van der Waals surface area contributed by atoms with E-state index in [1.165, 1.54) is 0 Å². The Kier molecular flexibility index (Phi) is 4.32. The first-order valence-electron chi connectivity index (χ1n) is 8.54. The molecular weight excluding hydrogens is 326 g/mol. The zero-order chi connectivity index (χ0) is 17.9. The summed E-state index contributed by atoms with van der Waals surface area (Å²) in [5.74, 6) is 2.35. The predicted octanol–water partition coefficient (Wildman–Crippen LogP) is 5.23. The smallest absolute Gasteiger partial charge is 0.165 e. The number of para-hydroxylation sites is 3. The van der Waals surface area contributed by atoms with Gasteiger partial charge < -0.3 is 14.8 Å². The van der Waals surface area contributed by atoms with Gasteiger partial charge in [-0.2, -0.15) is 0 Å². The molecule has 4 rings (SSSR count). The molecule has 1 N–H and O–H groups in total. The first-order chi connectivity index (χ1) is 12.7. The van der Waals surface area contributed by atoms with Gasteiger partial charge in [0.2, 0.25) is 0 Å². The van der Waals surface area contributed by atoms with E-state index in [4.69, 9.17) is 9.47 Å². The second-order valence-corrected chi connectivity index (χ2v) is 6.19. The average molecular weight is 345 g/mol. The quantitative estimate of drug-likeness (QED) is 0.658. The maximum atomic E-state index is 12.8. The van der Waals surface area contributed by atoms with Crippen molar-refractivity contribution in [2.24, 2.45) is 0 Å². The number of anilines is 1. The van der Waals surface area contributed by atoms with Crippen molar-refractivity contribution in [2.45, 2.75) is 12.5 Å². The Labute approximate surface area is 152 Å². The van der Waals surface area contributed by atoms with Gasteiger partial charge in [0.25, 0.3) is 0 Å². The number of benzene rings is 3. The monoisotopic (exact) mass is 345 g/mol.